The molecular weight excluding hydrogens is 436 g/mol. The van der Waals surface area contributed by atoms with Crippen molar-refractivity contribution in [1.29, 1.82) is 0 Å². The highest BCUT2D eigenvalue weighted by Crippen LogP contribution is 2.35. The molecule has 4 aromatic rings. The Hall–Kier alpha value is -3.01. The molecule has 0 saturated carbocycles. The molecule has 1 saturated heterocycles. The Morgan fingerprint density at radius 3 is 2.64 bits per heavy atom. The van der Waals surface area contributed by atoms with Crippen molar-refractivity contribution in [3.8, 4) is 11.1 Å². The first-order valence-corrected chi connectivity index (χ1v) is 11.0. The molecule has 1 fully saturated rings. The van der Waals surface area contributed by atoms with E-state index >= 15 is 4.39 Å². The van der Waals surface area contributed by atoms with E-state index in [1.165, 1.54) is 12.3 Å². The van der Waals surface area contributed by atoms with Gasteiger partial charge in [0.05, 0.1) is 11.9 Å². The summed E-state index contributed by atoms with van der Waals surface area (Å²) in [4.78, 5) is 18.1. The summed E-state index contributed by atoms with van der Waals surface area (Å²) in [5, 5.41) is 0.631. The fourth-order valence-electron chi connectivity index (χ4n) is 4.70. The highest BCUT2D eigenvalue weighted by atomic mass is 19.4. The van der Waals surface area contributed by atoms with Gasteiger partial charge in [0, 0.05) is 35.8 Å². The Kier molecular flexibility index (Phi) is 5.35. The van der Waals surface area contributed by atoms with Crippen LogP contribution in [0.5, 0.6) is 0 Å². The van der Waals surface area contributed by atoms with Crippen molar-refractivity contribution in [2.24, 2.45) is 0 Å². The summed E-state index contributed by atoms with van der Waals surface area (Å²) in [5.74, 6) is 0.493. The number of rotatable bonds is 4. The molecular formula is C23H24F4N6. The number of hydrogen-bond acceptors (Lipinski definition) is 4. The minimum absolute atomic E-state index is 0.117. The third-order valence-electron chi connectivity index (χ3n) is 6.40. The second-order valence-corrected chi connectivity index (χ2v) is 8.76. The van der Waals surface area contributed by atoms with Gasteiger partial charge in [-0.2, -0.15) is 13.2 Å². The van der Waals surface area contributed by atoms with Crippen LogP contribution < -0.4 is 0 Å². The van der Waals surface area contributed by atoms with Crippen molar-refractivity contribution >= 4 is 22.1 Å². The van der Waals surface area contributed by atoms with E-state index in [0.717, 1.165) is 37.3 Å². The monoisotopic (exact) mass is 460 g/mol. The van der Waals surface area contributed by atoms with Gasteiger partial charge in [-0.05, 0) is 57.6 Å². The van der Waals surface area contributed by atoms with Gasteiger partial charge in [-0.15, -0.1) is 0 Å². The highest BCUT2D eigenvalue weighted by molar-refractivity contribution is 5.95. The number of nitrogens with one attached hydrogen (secondary N) is 1. The van der Waals surface area contributed by atoms with Crippen LogP contribution >= 0.6 is 0 Å². The molecule has 0 spiro atoms. The van der Waals surface area contributed by atoms with E-state index in [4.69, 9.17) is 0 Å². The van der Waals surface area contributed by atoms with Crippen molar-refractivity contribution in [2.75, 3.05) is 20.1 Å². The first-order chi connectivity index (χ1) is 15.7. The van der Waals surface area contributed by atoms with Crippen LogP contribution in [-0.4, -0.2) is 55.7 Å². The Labute approximate surface area is 187 Å². The summed E-state index contributed by atoms with van der Waals surface area (Å²) in [6.07, 6.45) is -0.399. The number of halogens is 4. The summed E-state index contributed by atoms with van der Waals surface area (Å²) >= 11 is 0. The topological polar surface area (TPSA) is 62.6 Å². The van der Waals surface area contributed by atoms with Crippen LogP contribution in [0.25, 0.3) is 33.2 Å². The van der Waals surface area contributed by atoms with Gasteiger partial charge in [0.25, 0.3) is 0 Å². The largest absolute Gasteiger partial charge is 0.389 e. The lowest BCUT2D eigenvalue weighted by atomic mass is 10.0. The van der Waals surface area contributed by atoms with E-state index in [1.54, 1.807) is 6.20 Å². The quantitative estimate of drug-likeness (QED) is 0.426. The summed E-state index contributed by atoms with van der Waals surface area (Å²) in [6, 6.07) is 3.62. The molecule has 0 radical (unpaired) electrons. The number of aromatic amines is 1. The zero-order valence-electron chi connectivity index (χ0n) is 18.4. The lowest BCUT2D eigenvalue weighted by Gasteiger charge is -2.30. The summed E-state index contributed by atoms with van der Waals surface area (Å²) in [5.41, 5.74) is 2.86. The van der Waals surface area contributed by atoms with Crippen LogP contribution in [0.2, 0.25) is 0 Å². The Morgan fingerprint density at radius 1 is 1.15 bits per heavy atom. The van der Waals surface area contributed by atoms with Gasteiger partial charge in [-0.3, -0.25) is 0 Å². The standard InChI is InChI=1S/C23H24F4N6/c1-13-30-21-18(24)9-14(10-19(21)33(13)15-4-7-32(2)8-5-15)16-11-29-22-17(16)12-28-20(31-22)3-6-23(25,26)27/h9-12,15H,3-8H2,1-2H3,(H,28,29,31). The lowest BCUT2D eigenvalue weighted by molar-refractivity contribution is -0.134. The Morgan fingerprint density at radius 2 is 1.91 bits per heavy atom. The maximum Gasteiger partial charge on any atom is 0.389 e. The molecule has 1 aliphatic rings. The number of likely N-dealkylation sites (tertiary alicyclic amines) is 1. The number of piperidine rings is 1. The van der Waals surface area contributed by atoms with Crippen LogP contribution in [0.4, 0.5) is 17.6 Å². The average Bonchev–Trinajstić information content (AvgIpc) is 3.33. The molecule has 0 atom stereocenters. The first kappa shape index (κ1) is 21.8. The predicted octanol–water partition coefficient (Wildman–Crippen LogP) is 5.18. The number of aryl methyl sites for hydroxylation is 2. The van der Waals surface area contributed by atoms with Crippen LogP contribution in [-0.2, 0) is 6.42 Å². The molecule has 6 nitrogen and oxygen atoms in total. The molecule has 3 aromatic heterocycles. The van der Waals surface area contributed by atoms with Gasteiger partial charge in [0.1, 0.15) is 22.8 Å². The zero-order chi connectivity index (χ0) is 23.3. The van der Waals surface area contributed by atoms with Crippen molar-refractivity contribution in [1.82, 2.24) is 29.4 Å². The van der Waals surface area contributed by atoms with Gasteiger partial charge in [0.15, 0.2) is 5.82 Å². The van der Waals surface area contributed by atoms with Gasteiger partial charge in [0.2, 0.25) is 0 Å². The Balaban J connectivity index is 1.54. The normalized spacial score (nSPS) is 16.3. The van der Waals surface area contributed by atoms with Crippen molar-refractivity contribution in [3.63, 3.8) is 0 Å². The molecule has 5 rings (SSSR count). The molecule has 1 N–H and O–H groups in total. The molecule has 1 aliphatic heterocycles. The number of H-pyrrole nitrogens is 1. The van der Waals surface area contributed by atoms with Crippen molar-refractivity contribution in [3.05, 3.63) is 42.0 Å². The van der Waals surface area contributed by atoms with Crippen LogP contribution in [0.1, 0.15) is 37.0 Å². The maximum absolute atomic E-state index is 15.1. The molecule has 10 heteroatoms. The van der Waals surface area contributed by atoms with Crippen LogP contribution in [0.15, 0.2) is 24.5 Å². The number of alkyl halides is 3. The SMILES string of the molecule is Cc1nc2c(F)cc(-c3c[nH]c4nc(CCC(F)(F)F)ncc34)cc2n1C1CCN(C)CC1. The molecule has 0 aliphatic carbocycles. The van der Waals surface area contributed by atoms with Gasteiger partial charge >= 0.3 is 6.18 Å². The number of aromatic nitrogens is 5. The number of hydrogen-bond donors (Lipinski definition) is 1. The summed E-state index contributed by atoms with van der Waals surface area (Å²) in [6.45, 7) is 3.85. The second-order valence-electron chi connectivity index (χ2n) is 8.76. The van der Waals surface area contributed by atoms with E-state index in [2.05, 4.69) is 36.5 Å². The van der Waals surface area contributed by atoms with Gasteiger partial charge in [-0.25, -0.2) is 19.3 Å². The minimum atomic E-state index is -4.26. The molecule has 0 amide bonds. The molecule has 174 valence electrons. The third kappa shape index (κ3) is 4.19. The highest BCUT2D eigenvalue weighted by Gasteiger charge is 2.27. The molecule has 0 bridgehead atoms. The smallest absolute Gasteiger partial charge is 0.345 e. The predicted molar refractivity (Wildman–Crippen MR) is 117 cm³/mol. The second kappa shape index (κ2) is 8.09. The van der Waals surface area contributed by atoms with Gasteiger partial charge in [-0.1, -0.05) is 0 Å². The number of imidazole rings is 1. The van der Waals surface area contributed by atoms with Crippen molar-refractivity contribution < 1.29 is 17.6 Å². The molecule has 4 heterocycles. The Bertz CT molecular complexity index is 1310. The summed E-state index contributed by atoms with van der Waals surface area (Å²) < 4.78 is 54.8. The van der Waals surface area contributed by atoms with Crippen LogP contribution in [0.3, 0.4) is 0 Å². The third-order valence-corrected chi connectivity index (χ3v) is 6.40. The zero-order valence-corrected chi connectivity index (χ0v) is 18.4. The molecule has 0 unspecified atom stereocenters. The number of benzene rings is 1. The average molecular weight is 460 g/mol. The fourth-order valence-corrected chi connectivity index (χ4v) is 4.70. The van der Waals surface area contributed by atoms with Gasteiger partial charge < -0.3 is 14.5 Å². The minimum Gasteiger partial charge on any atom is -0.345 e. The fraction of sp³-hybridized carbons (Fsp3) is 0.435. The van der Waals surface area contributed by atoms with E-state index in [-0.39, 0.29) is 18.3 Å². The first-order valence-electron chi connectivity index (χ1n) is 11.0. The van der Waals surface area contributed by atoms with E-state index in [1.807, 2.05) is 13.0 Å². The van der Waals surface area contributed by atoms with E-state index in [0.29, 0.717) is 27.7 Å². The van der Waals surface area contributed by atoms with Crippen LogP contribution in [0, 0.1) is 12.7 Å². The number of nitrogens with zero attached hydrogens (tertiary/aromatic N) is 5. The van der Waals surface area contributed by atoms with Crippen molar-refractivity contribution in [2.45, 2.75) is 44.8 Å². The summed E-state index contributed by atoms with van der Waals surface area (Å²) in [7, 11) is 2.10. The molecule has 1 aromatic carbocycles. The lowest BCUT2D eigenvalue weighted by Crippen LogP contribution is -2.31. The van der Waals surface area contributed by atoms with E-state index < -0.39 is 18.4 Å². The number of fused-ring (bicyclic) bond motifs is 2. The maximum atomic E-state index is 15.1. The van der Waals surface area contributed by atoms with E-state index in [9.17, 15) is 13.2 Å². The molecule has 33 heavy (non-hydrogen) atoms.